The molecular formula is C55H73ClN12O4. The number of nitriles is 1. The minimum atomic E-state index is -0.349. The second-order valence-corrected chi connectivity index (χ2v) is 21.9. The summed E-state index contributed by atoms with van der Waals surface area (Å²) in [7, 11) is 0. The number of hydrogen-bond acceptors (Lipinski definition) is 14. The molecule has 1 aromatic carbocycles. The third-order valence-corrected chi connectivity index (χ3v) is 16.1. The van der Waals surface area contributed by atoms with E-state index in [0.717, 1.165) is 138 Å². The van der Waals surface area contributed by atoms with E-state index in [2.05, 4.69) is 93.1 Å². The molecule has 0 spiro atoms. The van der Waals surface area contributed by atoms with Crippen LogP contribution in [0.3, 0.4) is 0 Å². The molecule has 7 heterocycles. The van der Waals surface area contributed by atoms with Gasteiger partial charge in [0, 0.05) is 131 Å². The van der Waals surface area contributed by atoms with Crippen molar-refractivity contribution in [2.24, 2.45) is 16.7 Å². The fourth-order valence-electron chi connectivity index (χ4n) is 12.0. The minimum Gasteiger partial charge on any atom is -0.489 e. The van der Waals surface area contributed by atoms with Gasteiger partial charge in [-0.2, -0.15) is 14.9 Å². The molecule has 5 aromatic rings. The molecule has 1 amide bonds. The highest BCUT2D eigenvalue weighted by Gasteiger charge is 2.64. The van der Waals surface area contributed by atoms with Crippen LogP contribution in [0.25, 0.3) is 5.65 Å². The third-order valence-electron chi connectivity index (χ3n) is 15.8. The van der Waals surface area contributed by atoms with Gasteiger partial charge in [-0.05, 0) is 87.1 Å². The van der Waals surface area contributed by atoms with Gasteiger partial charge in [-0.1, -0.05) is 52.3 Å². The largest absolute Gasteiger partial charge is 0.489 e. The maximum absolute atomic E-state index is 13.5. The number of aliphatic hydroxyl groups is 1. The third kappa shape index (κ3) is 11.4. The SMILES string of the molecule is CCc1cnn2c(NCc3ccc(OCCCN4CCN(CC5CCN(c6ccc(C(=O)N[C@H]7C(C)(C)[C@H](Oc8ccc(C#N)c(Cl)c8)C7(C)C)cn6)CC5)CC4)nc3)cc(N3CCCCC3CCO)nc12. The summed E-state index contributed by atoms with van der Waals surface area (Å²) in [6.07, 6.45) is 13.5. The van der Waals surface area contributed by atoms with Gasteiger partial charge in [0.2, 0.25) is 5.88 Å². The number of piperazine rings is 1. The van der Waals surface area contributed by atoms with Gasteiger partial charge in [-0.25, -0.2) is 15.0 Å². The van der Waals surface area contributed by atoms with Crippen molar-refractivity contribution in [2.75, 3.05) is 87.2 Å². The van der Waals surface area contributed by atoms with E-state index in [1.165, 1.54) is 6.42 Å². The topological polar surface area (TPSA) is 173 Å². The highest BCUT2D eigenvalue weighted by molar-refractivity contribution is 6.31. The Morgan fingerprint density at radius 1 is 0.903 bits per heavy atom. The zero-order valence-electron chi connectivity index (χ0n) is 42.8. The van der Waals surface area contributed by atoms with Crippen LogP contribution in [0.1, 0.15) is 107 Å². The van der Waals surface area contributed by atoms with Gasteiger partial charge in [0.15, 0.2) is 5.65 Å². The number of hydrogen-bond donors (Lipinski definition) is 3. The number of aryl methyl sites for hydroxylation is 1. The van der Waals surface area contributed by atoms with Crippen LogP contribution in [0.5, 0.6) is 11.6 Å². The minimum absolute atomic E-state index is 0.127. The molecule has 72 heavy (non-hydrogen) atoms. The van der Waals surface area contributed by atoms with E-state index < -0.39 is 0 Å². The van der Waals surface area contributed by atoms with Crippen LogP contribution in [0, 0.1) is 28.1 Å². The van der Waals surface area contributed by atoms with Crippen molar-refractivity contribution in [1.29, 1.82) is 5.26 Å². The zero-order chi connectivity index (χ0) is 50.4. The van der Waals surface area contributed by atoms with Crippen molar-refractivity contribution in [3.05, 3.63) is 94.4 Å². The molecule has 17 heteroatoms. The molecule has 4 fully saturated rings. The number of nitrogens with one attached hydrogen (secondary N) is 2. The molecule has 3 N–H and O–H groups in total. The average Bonchev–Trinajstić information content (AvgIpc) is 3.82. The standard InChI is InChI=1S/C55H73ClN12O4/c1-6-40-36-61-68-47(31-48(62-50(40)68)67-21-8-7-10-43(67)19-28-69)58-33-39-11-16-49(60-34-39)71-29-9-20-64-24-26-65(27-25-64)37-38-17-22-66(23-18-38)46-15-13-42(35-59-46)51(70)63-52-54(2,3)53(55(52,4)5)72-44-14-12-41(32-57)45(56)30-44/h11-16,30-31,34-36,38,43,52-53,58,69H,6-10,17-29,33,37H2,1-5H3,(H,63,70)/t43?,52-,53-. The van der Waals surface area contributed by atoms with Gasteiger partial charge in [-0.3, -0.25) is 4.79 Å². The van der Waals surface area contributed by atoms with Crippen LogP contribution in [0.4, 0.5) is 17.5 Å². The first-order valence-corrected chi connectivity index (χ1v) is 26.6. The fraction of sp³-hybridized carbons (Fsp3) is 0.564. The number of aromatic nitrogens is 5. The van der Waals surface area contributed by atoms with Gasteiger partial charge in [0.05, 0.1) is 29.0 Å². The summed E-state index contributed by atoms with van der Waals surface area (Å²) in [6.45, 7) is 21.3. The Kier molecular flexibility index (Phi) is 16.1. The molecule has 384 valence electrons. The molecule has 1 atom stereocenters. The Balaban J connectivity index is 0.658. The number of benzene rings is 1. The number of carbonyl (C=O) groups excluding carboxylic acids is 1. The Morgan fingerprint density at radius 2 is 1.69 bits per heavy atom. The van der Waals surface area contributed by atoms with Gasteiger partial charge in [0.25, 0.3) is 5.91 Å². The van der Waals surface area contributed by atoms with Crippen LogP contribution < -0.4 is 29.9 Å². The van der Waals surface area contributed by atoms with E-state index >= 15 is 0 Å². The highest BCUT2D eigenvalue weighted by Crippen LogP contribution is 2.55. The van der Waals surface area contributed by atoms with Crippen LogP contribution in [-0.4, -0.2) is 136 Å². The lowest BCUT2D eigenvalue weighted by Gasteiger charge is -2.63. The number of rotatable bonds is 19. The van der Waals surface area contributed by atoms with Crippen LogP contribution in [-0.2, 0) is 13.0 Å². The number of carbonyl (C=O) groups is 1. The molecule has 4 aliphatic rings. The summed E-state index contributed by atoms with van der Waals surface area (Å²) in [6, 6.07) is 17.4. The molecular weight excluding hydrogens is 928 g/mol. The van der Waals surface area contributed by atoms with Crippen LogP contribution in [0.2, 0.25) is 5.02 Å². The lowest BCUT2D eigenvalue weighted by atomic mass is 9.49. The molecule has 1 aliphatic carbocycles. The number of anilines is 3. The van der Waals surface area contributed by atoms with E-state index in [-0.39, 0.29) is 41.5 Å². The highest BCUT2D eigenvalue weighted by atomic mass is 35.5. The van der Waals surface area contributed by atoms with Crippen LogP contribution in [0.15, 0.2) is 67.1 Å². The summed E-state index contributed by atoms with van der Waals surface area (Å²) in [5, 5.41) is 30.9. The van der Waals surface area contributed by atoms with Crippen molar-refractivity contribution >= 4 is 40.6 Å². The summed E-state index contributed by atoms with van der Waals surface area (Å²) in [5.74, 6) is 4.52. The predicted molar refractivity (Wildman–Crippen MR) is 282 cm³/mol. The average molecular weight is 1000 g/mol. The van der Waals surface area contributed by atoms with Crippen molar-refractivity contribution in [3.63, 3.8) is 0 Å². The maximum atomic E-state index is 13.5. The molecule has 0 radical (unpaired) electrons. The number of ether oxygens (including phenoxy) is 2. The van der Waals surface area contributed by atoms with E-state index in [4.69, 9.17) is 31.0 Å². The summed E-state index contributed by atoms with van der Waals surface area (Å²) in [4.78, 5) is 37.9. The second-order valence-electron chi connectivity index (χ2n) is 21.5. The van der Waals surface area contributed by atoms with Crippen molar-refractivity contribution in [1.82, 2.24) is 39.7 Å². The molecule has 4 aromatic heterocycles. The Morgan fingerprint density at radius 3 is 2.39 bits per heavy atom. The predicted octanol–water partition coefficient (Wildman–Crippen LogP) is 7.88. The first-order chi connectivity index (χ1) is 34.8. The number of amides is 1. The monoisotopic (exact) mass is 1000 g/mol. The van der Waals surface area contributed by atoms with E-state index in [1.807, 2.05) is 35.1 Å². The molecule has 9 rings (SSSR count). The second kappa shape index (κ2) is 22.6. The number of pyridine rings is 2. The van der Waals surface area contributed by atoms with E-state index in [1.54, 1.807) is 24.4 Å². The summed E-state index contributed by atoms with van der Waals surface area (Å²) < 4.78 is 14.4. The van der Waals surface area contributed by atoms with Gasteiger partial charge in [-0.15, -0.1) is 0 Å². The number of piperidine rings is 2. The molecule has 1 unspecified atom stereocenters. The fourth-order valence-corrected chi connectivity index (χ4v) is 12.2. The van der Waals surface area contributed by atoms with Gasteiger partial charge >= 0.3 is 0 Å². The number of nitrogens with zero attached hydrogens (tertiary/aromatic N) is 10. The summed E-state index contributed by atoms with van der Waals surface area (Å²) >= 11 is 6.28. The molecule has 3 saturated heterocycles. The molecule has 1 saturated carbocycles. The lowest BCUT2D eigenvalue weighted by molar-refractivity contribution is -0.164. The zero-order valence-corrected chi connectivity index (χ0v) is 43.6. The van der Waals surface area contributed by atoms with Gasteiger partial charge in [0.1, 0.15) is 35.4 Å². The van der Waals surface area contributed by atoms with E-state index in [9.17, 15) is 15.2 Å². The number of halogens is 1. The first-order valence-electron chi connectivity index (χ1n) is 26.2. The number of fused-ring (bicyclic) bond motifs is 1. The maximum Gasteiger partial charge on any atom is 0.253 e. The first kappa shape index (κ1) is 51.2. The van der Waals surface area contributed by atoms with E-state index in [0.29, 0.717) is 46.8 Å². The Bertz CT molecular complexity index is 2640. The Labute approximate surface area is 430 Å². The molecule has 0 bridgehead atoms. The summed E-state index contributed by atoms with van der Waals surface area (Å²) in [5.41, 5.74) is 3.30. The lowest BCUT2D eigenvalue weighted by Crippen LogP contribution is -2.74. The number of aliphatic hydroxyl groups excluding tert-OH is 1. The van der Waals surface area contributed by atoms with Crippen molar-refractivity contribution in [2.45, 2.75) is 111 Å². The van der Waals surface area contributed by atoms with Gasteiger partial charge < -0.3 is 44.8 Å². The Hall–Kier alpha value is -5.73. The quantitative estimate of drug-likeness (QED) is 0.0683. The van der Waals surface area contributed by atoms with Crippen molar-refractivity contribution in [3.8, 4) is 17.7 Å². The smallest absolute Gasteiger partial charge is 0.253 e. The molecule has 3 aliphatic heterocycles. The molecule has 16 nitrogen and oxygen atoms in total. The normalized spacial score (nSPS) is 21.5. The van der Waals surface area contributed by atoms with Crippen LogP contribution >= 0.6 is 11.6 Å². The van der Waals surface area contributed by atoms with Crippen molar-refractivity contribution < 1.29 is 19.4 Å².